The number of aryl methyl sites for hydroxylation is 1. The van der Waals surface area contributed by atoms with Crippen LogP contribution in [-0.4, -0.2) is 39.5 Å². The first-order chi connectivity index (χ1) is 9.65. The molecule has 0 spiro atoms. The monoisotopic (exact) mass is 296 g/mol. The Morgan fingerprint density at radius 2 is 2.05 bits per heavy atom. The highest BCUT2D eigenvalue weighted by Crippen LogP contribution is 2.31. The van der Waals surface area contributed by atoms with Crippen molar-refractivity contribution in [3.8, 4) is 0 Å². The third kappa shape index (κ3) is 2.61. The lowest BCUT2D eigenvalue weighted by Crippen LogP contribution is -2.66. The van der Waals surface area contributed by atoms with Gasteiger partial charge in [-0.25, -0.2) is 4.39 Å². The maximum absolute atomic E-state index is 14.0. The van der Waals surface area contributed by atoms with Crippen LogP contribution in [0.2, 0.25) is 0 Å². The van der Waals surface area contributed by atoms with E-state index in [0.717, 1.165) is 12.1 Å². The first-order valence-corrected chi connectivity index (χ1v) is 6.62. The number of rotatable bonds is 3. The van der Waals surface area contributed by atoms with Crippen LogP contribution in [-0.2, 0) is 0 Å². The predicted octanol–water partition coefficient (Wildman–Crippen LogP) is 1.89. The van der Waals surface area contributed by atoms with Crippen LogP contribution >= 0.6 is 0 Å². The van der Waals surface area contributed by atoms with Crippen LogP contribution in [0.25, 0.3) is 0 Å². The van der Waals surface area contributed by atoms with Gasteiger partial charge >= 0.3 is 0 Å². The maximum Gasteiger partial charge on any atom is 0.270 e. The van der Waals surface area contributed by atoms with Gasteiger partial charge in [-0.05, 0) is 18.4 Å². The van der Waals surface area contributed by atoms with Gasteiger partial charge in [-0.15, -0.1) is 0 Å². The van der Waals surface area contributed by atoms with E-state index in [1.807, 2.05) is 13.8 Å². The van der Waals surface area contributed by atoms with Crippen LogP contribution in [0.15, 0.2) is 12.1 Å². The third-order valence-electron chi connectivity index (χ3n) is 3.97. The fourth-order valence-corrected chi connectivity index (χ4v) is 2.31. The van der Waals surface area contributed by atoms with Crippen molar-refractivity contribution >= 4 is 11.6 Å². The Hall–Kier alpha value is -2.02. The number of nitro groups is 1. The van der Waals surface area contributed by atoms with E-state index in [1.165, 1.54) is 11.8 Å². The minimum absolute atomic E-state index is 0.0294. The summed E-state index contributed by atoms with van der Waals surface area (Å²) in [6, 6.07) is 2.03. The number of benzene rings is 1. The van der Waals surface area contributed by atoms with E-state index in [9.17, 15) is 24.4 Å². The summed E-state index contributed by atoms with van der Waals surface area (Å²) in [6.07, 6.45) is 0. The summed E-state index contributed by atoms with van der Waals surface area (Å²) in [5, 5.41) is 20.9. The van der Waals surface area contributed by atoms with Crippen LogP contribution in [0.3, 0.4) is 0 Å². The Labute approximate surface area is 121 Å². The van der Waals surface area contributed by atoms with Crippen molar-refractivity contribution in [2.75, 3.05) is 13.1 Å². The number of non-ortho nitro benzene ring substituents is 1. The molecule has 1 N–H and O–H groups in total. The Morgan fingerprint density at radius 1 is 1.48 bits per heavy atom. The number of nitro benzene ring substituents is 1. The molecule has 1 saturated heterocycles. The number of β-amino-alcohol motifs (C(OH)–C–C–N with tert-alkyl or cyclic N) is 1. The van der Waals surface area contributed by atoms with Gasteiger partial charge in [0.2, 0.25) is 0 Å². The van der Waals surface area contributed by atoms with Crippen LogP contribution in [0.4, 0.5) is 10.1 Å². The summed E-state index contributed by atoms with van der Waals surface area (Å²) >= 11 is 0. The number of aliphatic hydroxyl groups is 1. The number of carbonyl (C=O) groups excluding carboxylic acids is 1. The molecule has 0 radical (unpaired) electrons. The van der Waals surface area contributed by atoms with Crippen LogP contribution < -0.4 is 0 Å². The maximum atomic E-state index is 14.0. The van der Waals surface area contributed by atoms with Gasteiger partial charge in [-0.2, -0.15) is 0 Å². The van der Waals surface area contributed by atoms with Crippen LogP contribution in [0, 0.1) is 28.8 Å². The summed E-state index contributed by atoms with van der Waals surface area (Å²) < 4.78 is 14.0. The number of nitrogens with zero attached hydrogens (tertiary/aromatic N) is 2. The molecule has 0 unspecified atom stereocenters. The van der Waals surface area contributed by atoms with E-state index in [2.05, 4.69) is 0 Å². The smallest absolute Gasteiger partial charge is 0.270 e. The number of hydrogen-bond acceptors (Lipinski definition) is 4. The second kappa shape index (κ2) is 5.07. The van der Waals surface area contributed by atoms with Gasteiger partial charge in [0.1, 0.15) is 11.4 Å². The fraction of sp³-hybridized carbons (Fsp3) is 0.500. The van der Waals surface area contributed by atoms with Crippen molar-refractivity contribution in [3.63, 3.8) is 0 Å². The van der Waals surface area contributed by atoms with Gasteiger partial charge < -0.3 is 10.0 Å². The molecule has 21 heavy (non-hydrogen) atoms. The Kier molecular flexibility index (Phi) is 3.71. The molecule has 6 nitrogen and oxygen atoms in total. The molecule has 0 aliphatic carbocycles. The molecule has 0 aromatic heterocycles. The lowest BCUT2D eigenvalue weighted by molar-refractivity contribution is -0.385. The van der Waals surface area contributed by atoms with Gasteiger partial charge in [-0.1, -0.05) is 13.8 Å². The number of amides is 1. The van der Waals surface area contributed by atoms with E-state index in [4.69, 9.17) is 0 Å². The number of hydrogen-bond donors (Lipinski definition) is 1. The minimum Gasteiger partial charge on any atom is -0.386 e. The van der Waals surface area contributed by atoms with Crippen molar-refractivity contribution in [2.45, 2.75) is 26.4 Å². The first-order valence-electron chi connectivity index (χ1n) is 6.62. The summed E-state index contributed by atoms with van der Waals surface area (Å²) in [7, 11) is 0. The highest BCUT2D eigenvalue weighted by Gasteiger charge is 2.46. The van der Waals surface area contributed by atoms with E-state index in [1.54, 1.807) is 0 Å². The molecule has 0 bridgehead atoms. The number of halogens is 1. The zero-order chi connectivity index (χ0) is 15.9. The summed E-state index contributed by atoms with van der Waals surface area (Å²) in [5.41, 5.74) is -1.57. The van der Waals surface area contributed by atoms with Gasteiger partial charge in [0.25, 0.3) is 11.6 Å². The molecular formula is C14H17FN2O4. The zero-order valence-electron chi connectivity index (χ0n) is 12.1. The lowest BCUT2D eigenvalue weighted by atomic mass is 9.82. The quantitative estimate of drug-likeness (QED) is 0.682. The zero-order valence-corrected chi connectivity index (χ0v) is 12.1. The predicted molar refractivity (Wildman–Crippen MR) is 73.5 cm³/mol. The van der Waals surface area contributed by atoms with Gasteiger partial charge in [0.05, 0.1) is 23.6 Å². The SMILES string of the molecule is Cc1cc([N+](=O)[O-])cc(C(=O)N2CC(O)(C(C)C)C2)c1F. The molecule has 1 aliphatic heterocycles. The Balaban J connectivity index is 2.27. The normalized spacial score (nSPS) is 16.8. The highest BCUT2D eigenvalue weighted by molar-refractivity contribution is 5.96. The second-order valence-corrected chi connectivity index (χ2v) is 5.80. The Morgan fingerprint density at radius 3 is 2.52 bits per heavy atom. The second-order valence-electron chi connectivity index (χ2n) is 5.80. The fourth-order valence-electron chi connectivity index (χ4n) is 2.31. The van der Waals surface area contributed by atoms with Gasteiger partial charge in [0.15, 0.2) is 0 Å². The summed E-state index contributed by atoms with van der Waals surface area (Å²) in [6.45, 7) is 5.24. The van der Waals surface area contributed by atoms with Crippen molar-refractivity contribution in [2.24, 2.45) is 5.92 Å². The van der Waals surface area contributed by atoms with Crippen molar-refractivity contribution < 1.29 is 19.2 Å². The lowest BCUT2D eigenvalue weighted by Gasteiger charge is -2.49. The topological polar surface area (TPSA) is 83.7 Å². The minimum atomic E-state index is -0.970. The largest absolute Gasteiger partial charge is 0.386 e. The molecule has 7 heteroatoms. The molecule has 1 fully saturated rings. The van der Waals surface area contributed by atoms with Crippen molar-refractivity contribution in [1.29, 1.82) is 0 Å². The van der Waals surface area contributed by atoms with Crippen LogP contribution in [0.1, 0.15) is 29.8 Å². The molecule has 1 heterocycles. The van der Waals surface area contributed by atoms with E-state index < -0.39 is 22.2 Å². The first kappa shape index (κ1) is 15.4. The highest BCUT2D eigenvalue weighted by atomic mass is 19.1. The third-order valence-corrected chi connectivity index (χ3v) is 3.97. The standard InChI is InChI=1S/C14H17FN2O4/c1-8(2)14(19)6-16(7-14)13(18)11-5-10(17(20)21)4-9(3)12(11)15/h4-5,8,19H,6-7H2,1-3H3. The molecule has 1 aromatic carbocycles. The average molecular weight is 296 g/mol. The van der Waals surface area contributed by atoms with Gasteiger partial charge in [-0.3, -0.25) is 14.9 Å². The average Bonchev–Trinajstić information content (AvgIpc) is 2.36. The molecule has 1 aliphatic rings. The number of likely N-dealkylation sites (tertiary alicyclic amines) is 1. The molecular weight excluding hydrogens is 279 g/mol. The molecule has 0 atom stereocenters. The molecule has 1 aromatic rings. The summed E-state index contributed by atoms with van der Waals surface area (Å²) in [4.78, 5) is 23.7. The van der Waals surface area contributed by atoms with Crippen molar-refractivity contribution in [3.05, 3.63) is 39.2 Å². The van der Waals surface area contributed by atoms with Gasteiger partial charge in [0, 0.05) is 12.1 Å². The molecule has 0 saturated carbocycles. The molecule has 1 amide bonds. The van der Waals surface area contributed by atoms with E-state index >= 15 is 0 Å². The van der Waals surface area contributed by atoms with E-state index in [-0.39, 0.29) is 35.8 Å². The number of carbonyl (C=O) groups is 1. The molecule has 114 valence electrons. The summed E-state index contributed by atoms with van der Waals surface area (Å²) in [5.74, 6) is -1.42. The van der Waals surface area contributed by atoms with E-state index in [0.29, 0.717) is 0 Å². The molecule has 2 rings (SSSR count). The van der Waals surface area contributed by atoms with Crippen LogP contribution in [0.5, 0.6) is 0 Å². The Bertz CT molecular complexity index is 609. The van der Waals surface area contributed by atoms with Crippen molar-refractivity contribution in [1.82, 2.24) is 4.90 Å².